The maximum absolute atomic E-state index is 12.1. The molecule has 0 saturated heterocycles. The lowest BCUT2D eigenvalue weighted by Crippen LogP contribution is -2.25. The van der Waals surface area contributed by atoms with Gasteiger partial charge in [0.25, 0.3) is 5.91 Å². The van der Waals surface area contributed by atoms with Gasteiger partial charge in [-0.1, -0.05) is 23.7 Å². The number of carbonyl (C=O) groups excluding carboxylic acids is 2. The van der Waals surface area contributed by atoms with Gasteiger partial charge in [-0.25, -0.2) is 0 Å². The van der Waals surface area contributed by atoms with E-state index in [0.29, 0.717) is 18.7 Å². The molecular formula is C18H19ClN2O2S. The van der Waals surface area contributed by atoms with E-state index in [2.05, 4.69) is 10.6 Å². The lowest BCUT2D eigenvalue weighted by molar-refractivity contribution is -0.119. The van der Waals surface area contributed by atoms with Crippen LogP contribution in [-0.4, -0.2) is 24.1 Å². The Labute approximate surface area is 151 Å². The standard InChI is InChI=1S/C18H19ClN2O2S/c1-13(22)21-12-14-2-4-15(5-3-14)18(23)20-10-11-24-17-8-6-16(19)7-9-17/h2-9H,10-12H2,1H3,(H,20,23)(H,21,22). The number of carbonyl (C=O) groups is 2. The van der Waals surface area contributed by atoms with Crippen molar-refractivity contribution >= 4 is 35.2 Å². The highest BCUT2D eigenvalue weighted by molar-refractivity contribution is 7.99. The smallest absolute Gasteiger partial charge is 0.251 e. The first-order valence-corrected chi connectivity index (χ1v) is 8.91. The van der Waals surface area contributed by atoms with Gasteiger partial charge in [0.1, 0.15) is 0 Å². The highest BCUT2D eigenvalue weighted by Crippen LogP contribution is 2.19. The Morgan fingerprint density at radius 3 is 2.29 bits per heavy atom. The maximum Gasteiger partial charge on any atom is 0.251 e. The number of amides is 2. The predicted octanol–water partition coefficient (Wildman–Crippen LogP) is 3.50. The van der Waals surface area contributed by atoms with Gasteiger partial charge < -0.3 is 10.6 Å². The molecule has 0 unspecified atom stereocenters. The fraction of sp³-hybridized carbons (Fsp3) is 0.222. The molecule has 2 rings (SSSR count). The van der Waals surface area contributed by atoms with E-state index in [4.69, 9.17) is 11.6 Å². The fourth-order valence-corrected chi connectivity index (χ4v) is 2.86. The van der Waals surface area contributed by atoms with Crippen molar-refractivity contribution < 1.29 is 9.59 Å². The zero-order valence-corrected chi connectivity index (χ0v) is 14.9. The summed E-state index contributed by atoms with van der Waals surface area (Å²) in [5.41, 5.74) is 1.57. The Bertz CT molecular complexity index is 687. The highest BCUT2D eigenvalue weighted by atomic mass is 35.5. The van der Waals surface area contributed by atoms with Crippen LogP contribution < -0.4 is 10.6 Å². The summed E-state index contributed by atoms with van der Waals surface area (Å²) in [6, 6.07) is 14.8. The summed E-state index contributed by atoms with van der Waals surface area (Å²) in [5, 5.41) is 6.33. The van der Waals surface area contributed by atoms with Crippen LogP contribution in [0.15, 0.2) is 53.4 Å². The number of thioether (sulfide) groups is 1. The van der Waals surface area contributed by atoms with Crippen LogP contribution in [-0.2, 0) is 11.3 Å². The van der Waals surface area contributed by atoms with Crippen molar-refractivity contribution in [1.82, 2.24) is 10.6 Å². The Kier molecular flexibility index (Phi) is 7.15. The van der Waals surface area contributed by atoms with Crippen molar-refractivity contribution in [2.45, 2.75) is 18.4 Å². The minimum atomic E-state index is -0.0993. The van der Waals surface area contributed by atoms with E-state index in [1.54, 1.807) is 23.9 Å². The van der Waals surface area contributed by atoms with Crippen LogP contribution in [0.5, 0.6) is 0 Å². The summed E-state index contributed by atoms with van der Waals surface area (Å²) >= 11 is 7.51. The van der Waals surface area contributed by atoms with E-state index in [1.165, 1.54) is 6.92 Å². The summed E-state index contributed by atoms with van der Waals surface area (Å²) in [5.74, 6) is 0.612. The molecule has 24 heavy (non-hydrogen) atoms. The molecular weight excluding hydrogens is 344 g/mol. The molecule has 0 saturated carbocycles. The number of benzene rings is 2. The van der Waals surface area contributed by atoms with Crippen molar-refractivity contribution in [2.75, 3.05) is 12.3 Å². The van der Waals surface area contributed by atoms with Gasteiger partial charge in [0.2, 0.25) is 5.91 Å². The van der Waals surface area contributed by atoms with Crippen molar-refractivity contribution in [3.05, 3.63) is 64.7 Å². The quantitative estimate of drug-likeness (QED) is 0.585. The molecule has 0 heterocycles. The summed E-state index contributed by atoms with van der Waals surface area (Å²) in [4.78, 5) is 24.1. The largest absolute Gasteiger partial charge is 0.352 e. The zero-order valence-electron chi connectivity index (χ0n) is 13.3. The van der Waals surface area contributed by atoms with Gasteiger partial charge in [-0.15, -0.1) is 11.8 Å². The second kappa shape index (κ2) is 9.35. The average molecular weight is 363 g/mol. The van der Waals surface area contributed by atoms with E-state index >= 15 is 0 Å². The number of hydrogen-bond donors (Lipinski definition) is 2. The normalized spacial score (nSPS) is 10.2. The van der Waals surface area contributed by atoms with Crippen LogP contribution in [0.4, 0.5) is 0 Å². The number of nitrogens with one attached hydrogen (secondary N) is 2. The molecule has 2 amide bonds. The molecule has 2 N–H and O–H groups in total. The molecule has 126 valence electrons. The molecule has 0 aromatic heterocycles. The Balaban J connectivity index is 1.73. The molecule has 2 aromatic carbocycles. The molecule has 0 fully saturated rings. The van der Waals surface area contributed by atoms with Crippen LogP contribution in [0.25, 0.3) is 0 Å². The Hall–Kier alpha value is -1.98. The van der Waals surface area contributed by atoms with Gasteiger partial charge in [-0.3, -0.25) is 9.59 Å². The van der Waals surface area contributed by atoms with Gasteiger partial charge in [0.15, 0.2) is 0 Å². The first-order chi connectivity index (χ1) is 11.5. The van der Waals surface area contributed by atoms with Gasteiger partial charge in [0.05, 0.1) is 0 Å². The lowest BCUT2D eigenvalue weighted by atomic mass is 10.1. The van der Waals surface area contributed by atoms with Gasteiger partial charge in [-0.05, 0) is 42.0 Å². The molecule has 0 aliphatic rings. The molecule has 0 radical (unpaired) electrons. The maximum atomic E-state index is 12.1. The van der Waals surface area contributed by atoms with Crippen LogP contribution in [0.2, 0.25) is 5.02 Å². The predicted molar refractivity (Wildman–Crippen MR) is 98.5 cm³/mol. The van der Waals surface area contributed by atoms with E-state index in [-0.39, 0.29) is 11.8 Å². The summed E-state index contributed by atoms with van der Waals surface area (Å²) in [6.07, 6.45) is 0. The van der Waals surface area contributed by atoms with Crippen LogP contribution in [0.1, 0.15) is 22.8 Å². The topological polar surface area (TPSA) is 58.2 Å². The average Bonchev–Trinajstić information content (AvgIpc) is 2.58. The molecule has 6 heteroatoms. The van der Waals surface area contributed by atoms with Crippen LogP contribution >= 0.6 is 23.4 Å². The SMILES string of the molecule is CC(=O)NCc1ccc(C(=O)NCCSc2ccc(Cl)cc2)cc1. The molecule has 0 aliphatic heterocycles. The zero-order chi connectivity index (χ0) is 17.4. The number of hydrogen-bond acceptors (Lipinski definition) is 3. The third-order valence-electron chi connectivity index (χ3n) is 3.23. The van der Waals surface area contributed by atoms with E-state index < -0.39 is 0 Å². The first-order valence-electron chi connectivity index (χ1n) is 7.54. The van der Waals surface area contributed by atoms with Crippen molar-refractivity contribution in [3.63, 3.8) is 0 Å². The molecule has 4 nitrogen and oxygen atoms in total. The summed E-state index contributed by atoms with van der Waals surface area (Å²) in [7, 11) is 0. The minimum Gasteiger partial charge on any atom is -0.352 e. The second-order valence-corrected chi connectivity index (χ2v) is 6.77. The molecule has 2 aromatic rings. The van der Waals surface area contributed by atoms with Gasteiger partial charge in [0, 0.05) is 41.2 Å². The van der Waals surface area contributed by atoms with E-state index in [9.17, 15) is 9.59 Å². The highest BCUT2D eigenvalue weighted by Gasteiger charge is 2.05. The second-order valence-electron chi connectivity index (χ2n) is 5.16. The minimum absolute atomic E-state index is 0.0741. The third kappa shape index (κ3) is 6.26. The Morgan fingerprint density at radius 2 is 1.67 bits per heavy atom. The number of rotatable bonds is 7. The molecule has 0 bridgehead atoms. The fourth-order valence-electron chi connectivity index (χ4n) is 1.97. The van der Waals surface area contributed by atoms with Crippen molar-refractivity contribution in [3.8, 4) is 0 Å². The molecule has 0 atom stereocenters. The van der Waals surface area contributed by atoms with E-state index in [1.807, 2.05) is 36.4 Å². The van der Waals surface area contributed by atoms with Crippen LogP contribution in [0, 0.1) is 0 Å². The summed E-state index contributed by atoms with van der Waals surface area (Å²) in [6.45, 7) is 2.53. The van der Waals surface area contributed by atoms with Gasteiger partial charge >= 0.3 is 0 Å². The van der Waals surface area contributed by atoms with Crippen molar-refractivity contribution in [1.29, 1.82) is 0 Å². The van der Waals surface area contributed by atoms with Crippen LogP contribution in [0.3, 0.4) is 0 Å². The van der Waals surface area contributed by atoms with Gasteiger partial charge in [-0.2, -0.15) is 0 Å². The molecule has 0 aliphatic carbocycles. The summed E-state index contributed by atoms with van der Waals surface area (Å²) < 4.78 is 0. The first kappa shape index (κ1) is 18.4. The Morgan fingerprint density at radius 1 is 1.00 bits per heavy atom. The number of halogens is 1. The monoisotopic (exact) mass is 362 g/mol. The van der Waals surface area contributed by atoms with E-state index in [0.717, 1.165) is 21.2 Å². The van der Waals surface area contributed by atoms with Crippen molar-refractivity contribution in [2.24, 2.45) is 0 Å². The third-order valence-corrected chi connectivity index (χ3v) is 4.49. The molecule has 0 spiro atoms. The lowest BCUT2D eigenvalue weighted by Gasteiger charge is -2.07.